The number of carbonyl (C=O) groups is 2. The molecule has 4 rings (SSSR count). The van der Waals surface area contributed by atoms with Crippen molar-refractivity contribution < 1.29 is 9.59 Å². The molecule has 7 heteroatoms. The minimum atomic E-state index is -0.227. The van der Waals surface area contributed by atoms with Crippen LogP contribution in [-0.4, -0.2) is 39.4 Å². The van der Waals surface area contributed by atoms with E-state index in [4.69, 9.17) is 11.6 Å². The summed E-state index contributed by atoms with van der Waals surface area (Å²) in [6.07, 6.45) is 4.47. The lowest BCUT2D eigenvalue weighted by Crippen LogP contribution is -2.35. The van der Waals surface area contributed by atoms with Gasteiger partial charge in [-0.05, 0) is 43.2 Å². The molecule has 1 aromatic heterocycles. The predicted molar refractivity (Wildman–Crippen MR) is 117 cm³/mol. The molecule has 0 saturated carbocycles. The highest BCUT2D eigenvalue weighted by atomic mass is 35.5. The van der Waals surface area contributed by atoms with Gasteiger partial charge < -0.3 is 14.8 Å². The van der Waals surface area contributed by atoms with Crippen LogP contribution in [0.25, 0.3) is 11.0 Å². The summed E-state index contributed by atoms with van der Waals surface area (Å²) >= 11 is 5.99. The van der Waals surface area contributed by atoms with Crippen molar-refractivity contribution in [2.24, 2.45) is 0 Å². The maximum Gasteiger partial charge on any atom is 0.251 e. The number of likely N-dealkylation sites (tertiary alicyclic amines) is 1. The third kappa shape index (κ3) is 4.65. The van der Waals surface area contributed by atoms with Crippen molar-refractivity contribution in [2.75, 3.05) is 13.1 Å². The van der Waals surface area contributed by atoms with Crippen LogP contribution < -0.4 is 5.32 Å². The lowest BCUT2D eigenvalue weighted by molar-refractivity contribution is -0.131. The zero-order valence-electron chi connectivity index (χ0n) is 16.8. The van der Waals surface area contributed by atoms with Crippen LogP contribution in [0.3, 0.4) is 0 Å². The molecule has 1 aliphatic heterocycles. The summed E-state index contributed by atoms with van der Waals surface area (Å²) in [5.74, 6) is 0.534. The first-order valence-electron chi connectivity index (χ1n) is 10.4. The Hall–Kier alpha value is -2.86. The molecule has 0 unspecified atom stereocenters. The van der Waals surface area contributed by atoms with Crippen LogP contribution in [0.4, 0.5) is 0 Å². The molecular formula is C23H25ClN4O2. The van der Waals surface area contributed by atoms with Gasteiger partial charge >= 0.3 is 0 Å². The Balaban J connectivity index is 1.54. The van der Waals surface area contributed by atoms with Crippen molar-refractivity contribution in [2.45, 2.75) is 38.8 Å². The average molecular weight is 425 g/mol. The highest BCUT2D eigenvalue weighted by Gasteiger charge is 2.19. The number of para-hydroxylation sites is 2. The van der Waals surface area contributed by atoms with E-state index in [9.17, 15) is 9.59 Å². The molecule has 156 valence electrons. The first kappa shape index (κ1) is 20.4. The Bertz CT molecular complexity index is 1050. The molecule has 30 heavy (non-hydrogen) atoms. The standard InChI is InChI=1S/C23H25ClN4O2/c24-18-9-7-8-17(14-18)23(30)25-15-21-26-19-10-3-4-11-20(19)28(21)16-22(29)27-12-5-1-2-6-13-27/h3-4,7-11,14H,1-2,5-6,12-13,15-16H2,(H,25,30). The van der Waals surface area contributed by atoms with Crippen molar-refractivity contribution in [1.29, 1.82) is 0 Å². The van der Waals surface area contributed by atoms with Gasteiger partial charge in [-0.3, -0.25) is 9.59 Å². The summed E-state index contributed by atoms with van der Waals surface area (Å²) in [5, 5.41) is 3.41. The van der Waals surface area contributed by atoms with E-state index in [1.54, 1.807) is 24.3 Å². The predicted octanol–water partition coefficient (Wildman–Crippen LogP) is 4.02. The molecule has 2 aromatic carbocycles. The second-order valence-corrected chi connectivity index (χ2v) is 8.03. The van der Waals surface area contributed by atoms with Crippen LogP contribution in [0.15, 0.2) is 48.5 Å². The molecule has 0 aliphatic carbocycles. The van der Waals surface area contributed by atoms with E-state index in [1.165, 1.54) is 12.8 Å². The maximum absolute atomic E-state index is 13.0. The van der Waals surface area contributed by atoms with Crippen molar-refractivity contribution >= 4 is 34.4 Å². The highest BCUT2D eigenvalue weighted by molar-refractivity contribution is 6.30. The van der Waals surface area contributed by atoms with Gasteiger partial charge in [0.1, 0.15) is 12.4 Å². The van der Waals surface area contributed by atoms with Crippen molar-refractivity contribution in [3.63, 3.8) is 0 Å². The average Bonchev–Trinajstić information content (AvgIpc) is 2.92. The fourth-order valence-corrected chi connectivity index (χ4v) is 4.07. The van der Waals surface area contributed by atoms with E-state index in [2.05, 4.69) is 10.3 Å². The summed E-state index contributed by atoms with van der Waals surface area (Å²) < 4.78 is 1.92. The van der Waals surface area contributed by atoms with E-state index in [-0.39, 0.29) is 24.9 Å². The van der Waals surface area contributed by atoms with Gasteiger partial charge in [0.25, 0.3) is 5.91 Å². The molecule has 2 heterocycles. The summed E-state index contributed by atoms with van der Waals surface area (Å²) in [7, 11) is 0. The van der Waals surface area contributed by atoms with Gasteiger partial charge in [-0.15, -0.1) is 0 Å². The first-order chi connectivity index (χ1) is 14.6. The Morgan fingerprint density at radius 3 is 2.53 bits per heavy atom. The Labute approximate surface area is 180 Å². The smallest absolute Gasteiger partial charge is 0.251 e. The molecule has 0 atom stereocenters. The maximum atomic E-state index is 13.0. The molecule has 1 N–H and O–H groups in total. The number of benzene rings is 2. The summed E-state index contributed by atoms with van der Waals surface area (Å²) in [6, 6.07) is 14.6. The van der Waals surface area contributed by atoms with E-state index >= 15 is 0 Å². The molecule has 2 amide bonds. The lowest BCUT2D eigenvalue weighted by Gasteiger charge is -2.21. The number of hydrogen-bond acceptors (Lipinski definition) is 3. The molecule has 0 spiro atoms. The summed E-state index contributed by atoms with van der Waals surface area (Å²) in [4.78, 5) is 32.1. The molecule has 0 bridgehead atoms. The summed E-state index contributed by atoms with van der Waals surface area (Å²) in [5.41, 5.74) is 2.20. The van der Waals surface area contributed by atoms with Crippen molar-refractivity contribution in [3.8, 4) is 0 Å². The molecule has 0 radical (unpaired) electrons. The molecule has 1 aliphatic rings. The van der Waals surface area contributed by atoms with Crippen LogP contribution >= 0.6 is 11.6 Å². The monoisotopic (exact) mass is 424 g/mol. The number of halogens is 1. The molecule has 1 saturated heterocycles. The van der Waals surface area contributed by atoms with Gasteiger partial charge in [0, 0.05) is 23.7 Å². The van der Waals surface area contributed by atoms with E-state index in [0.29, 0.717) is 16.4 Å². The fourth-order valence-electron chi connectivity index (χ4n) is 3.88. The number of hydrogen-bond donors (Lipinski definition) is 1. The fraction of sp³-hybridized carbons (Fsp3) is 0.348. The first-order valence-corrected chi connectivity index (χ1v) is 10.8. The van der Waals surface area contributed by atoms with Crippen LogP contribution in [0.2, 0.25) is 5.02 Å². The molecule has 6 nitrogen and oxygen atoms in total. The third-order valence-electron chi connectivity index (χ3n) is 5.48. The van der Waals surface area contributed by atoms with E-state index < -0.39 is 0 Å². The third-order valence-corrected chi connectivity index (χ3v) is 5.71. The zero-order valence-corrected chi connectivity index (χ0v) is 17.6. The van der Waals surface area contributed by atoms with Crippen LogP contribution in [0, 0.1) is 0 Å². The summed E-state index contributed by atoms with van der Waals surface area (Å²) in [6.45, 7) is 2.08. The van der Waals surface area contributed by atoms with Crippen LogP contribution in [-0.2, 0) is 17.9 Å². The van der Waals surface area contributed by atoms with Gasteiger partial charge in [-0.25, -0.2) is 4.98 Å². The van der Waals surface area contributed by atoms with E-state index in [0.717, 1.165) is 37.0 Å². The number of aromatic nitrogens is 2. The number of rotatable bonds is 5. The Kier molecular flexibility index (Phi) is 6.33. The second-order valence-electron chi connectivity index (χ2n) is 7.59. The lowest BCUT2D eigenvalue weighted by atomic mass is 10.2. The van der Waals surface area contributed by atoms with Gasteiger partial charge in [-0.1, -0.05) is 42.6 Å². The molecule has 1 fully saturated rings. The van der Waals surface area contributed by atoms with Crippen LogP contribution in [0.1, 0.15) is 41.9 Å². The number of carbonyl (C=O) groups excluding carboxylic acids is 2. The second kappa shape index (κ2) is 9.30. The minimum absolute atomic E-state index is 0.0995. The Morgan fingerprint density at radius 1 is 1.00 bits per heavy atom. The number of nitrogens with one attached hydrogen (secondary N) is 1. The topological polar surface area (TPSA) is 67.2 Å². The van der Waals surface area contributed by atoms with Crippen molar-refractivity contribution in [1.82, 2.24) is 19.8 Å². The van der Waals surface area contributed by atoms with Gasteiger partial charge in [0.2, 0.25) is 5.91 Å². The number of amides is 2. The number of nitrogens with zero attached hydrogens (tertiary/aromatic N) is 3. The highest BCUT2D eigenvalue weighted by Crippen LogP contribution is 2.18. The molecule has 3 aromatic rings. The number of imidazole rings is 1. The molecular weight excluding hydrogens is 400 g/mol. The van der Waals surface area contributed by atoms with Crippen molar-refractivity contribution in [3.05, 3.63) is 64.9 Å². The van der Waals surface area contributed by atoms with Crippen LogP contribution in [0.5, 0.6) is 0 Å². The van der Waals surface area contributed by atoms with E-state index in [1.807, 2.05) is 33.7 Å². The largest absolute Gasteiger partial charge is 0.345 e. The normalized spacial score (nSPS) is 14.5. The van der Waals surface area contributed by atoms with Gasteiger partial charge in [-0.2, -0.15) is 0 Å². The Morgan fingerprint density at radius 2 is 1.77 bits per heavy atom. The number of fused-ring (bicyclic) bond motifs is 1. The SMILES string of the molecule is O=C(NCc1nc2ccccc2n1CC(=O)N1CCCCCC1)c1cccc(Cl)c1. The zero-order chi connectivity index (χ0) is 20.9. The quantitative estimate of drug-likeness (QED) is 0.672. The van der Waals surface area contributed by atoms with Gasteiger partial charge in [0.15, 0.2) is 0 Å². The van der Waals surface area contributed by atoms with Gasteiger partial charge in [0.05, 0.1) is 17.6 Å². The minimum Gasteiger partial charge on any atom is -0.345 e.